The van der Waals surface area contributed by atoms with E-state index in [2.05, 4.69) is 9.97 Å². The van der Waals surface area contributed by atoms with Gasteiger partial charge in [-0.05, 0) is 24.7 Å². The molecule has 6 nitrogen and oxygen atoms in total. The van der Waals surface area contributed by atoms with Crippen molar-refractivity contribution in [2.45, 2.75) is 6.92 Å². The average molecular weight is 300 g/mol. The molecule has 0 saturated carbocycles. The SMILES string of the molecule is COCCOC(=O)c1sc2[nH]c(=S)[nH]c(=O)c2c1C. The molecule has 2 heterocycles. The van der Waals surface area contributed by atoms with Crippen LogP contribution in [0.1, 0.15) is 15.2 Å². The van der Waals surface area contributed by atoms with Gasteiger partial charge in [-0.2, -0.15) is 0 Å². The van der Waals surface area contributed by atoms with Crippen molar-refractivity contribution in [2.75, 3.05) is 20.3 Å². The van der Waals surface area contributed by atoms with E-state index >= 15 is 0 Å². The van der Waals surface area contributed by atoms with Gasteiger partial charge in [0.2, 0.25) is 0 Å². The van der Waals surface area contributed by atoms with Crippen LogP contribution in [0.4, 0.5) is 0 Å². The molecule has 0 saturated heterocycles. The fourth-order valence-electron chi connectivity index (χ4n) is 1.65. The van der Waals surface area contributed by atoms with E-state index in [-0.39, 0.29) is 16.9 Å². The number of nitrogens with one attached hydrogen (secondary N) is 2. The molecular weight excluding hydrogens is 288 g/mol. The van der Waals surface area contributed by atoms with Gasteiger partial charge >= 0.3 is 5.97 Å². The molecule has 0 unspecified atom stereocenters. The number of carbonyl (C=O) groups excluding carboxylic acids is 1. The van der Waals surface area contributed by atoms with E-state index in [4.69, 9.17) is 21.7 Å². The minimum atomic E-state index is -0.463. The summed E-state index contributed by atoms with van der Waals surface area (Å²) in [5.41, 5.74) is 0.290. The maximum absolute atomic E-state index is 11.9. The molecule has 8 heteroatoms. The number of aromatic amines is 2. The number of aryl methyl sites for hydroxylation is 1. The Morgan fingerprint density at radius 2 is 2.11 bits per heavy atom. The molecule has 0 atom stereocenters. The number of H-pyrrole nitrogens is 2. The average Bonchev–Trinajstić information content (AvgIpc) is 2.66. The van der Waals surface area contributed by atoms with Crippen molar-refractivity contribution in [1.82, 2.24) is 9.97 Å². The molecule has 0 aliphatic carbocycles. The number of ether oxygens (including phenoxy) is 2. The fraction of sp³-hybridized carbons (Fsp3) is 0.364. The van der Waals surface area contributed by atoms with Crippen LogP contribution in [0.3, 0.4) is 0 Å². The Morgan fingerprint density at radius 1 is 1.37 bits per heavy atom. The zero-order valence-electron chi connectivity index (χ0n) is 10.4. The van der Waals surface area contributed by atoms with Crippen LogP contribution in [0.25, 0.3) is 10.2 Å². The predicted molar refractivity (Wildman–Crippen MR) is 74.5 cm³/mol. The van der Waals surface area contributed by atoms with Crippen LogP contribution in [0.2, 0.25) is 0 Å². The van der Waals surface area contributed by atoms with Crippen molar-refractivity contribution in [3.8, 4) is 0 Å². The number of methoxy groups -OCH3 is 1. The normalized spacial score (nSPS) is 10.8. The smallest absolute Gasteiger partial charge is 0.348 e. The van der Waals surface area contributed by atoms with Crippen LogP contribution in [0, 0.1) is 11.7 Å². The highest BCUT2D eigenvalue weighted by Crippen LogP contribution is 2.27. The number of fused-ring (bicyclic) bond motifs is 1. The third-order valence-electron chi connectivity index (χ3n) is 2.53. The van der Waals surface area contributed by atoms with Gasteiger partial charge in [0.1, 0.15) is 16.3 Å². The van der Waals surface area contributed by atoms with Gasteiger partial charge in [-0.1, -0.05) is 0 Å². The summed E-state index contributed by atoms with van der Waals surface area (Å²) in [6.07, 6.45) is 0. The maximum Gasteiger partial charge on any atom is 0.348 e. The highest BCUT2D eigenvalue weighted by Gasteiger charge is 2.19. The summed E-state index contributed by atoms with van der Waals surface area (Å²) in [5.74, 6) is -0.463. The van der Waals surface area contributed by atoms with Crippen molar-refractivity contribution in [3.63, 3.8) is 0 Å². The fourth-order valence-corrected chi connectivity index (χ4v) is 3.01. The van der Waals surface area contributed by atoms with Crippen molar-refractivity contribution in [1.29, 1.82) is 0 Å². The molecule has 2 N–H and O–H groups in total. The lowest BCUT2D eigenvalue weighted by Crippen LogP contribution is -2.10. The maximum atomic E-state index is 11.9. The first-order valence-electron chi connectivity index (χ1n) is 5.46. The molecule has 102 valence electrons. The summed E-state index contributed by atoms with van der Waals surface area (Å²) in [6.45, 7) is 2.21. The number of hydrogen-bond donors (Lipinski definition) is 2. The van der Waals surface area contributed by atoms with Gasteiger partial charge in [-0.25, -0.2) is 4.79 Å². The highest BCUT2D eigenvalue weighted by molar-refractivity contribution is 7.71. The van der Waals surface area contributed by atoms with E-state index in [1.54, 1.807) is 6.92 Å². The number of aromatic nitrogens is 2. The van der Waals surface area contributed by atoms with E-state index in [1.807, 2.05) is 0 Å². The molecule has 0 spiro atoms. The van der Waals surface area contributed by atoms with Gasteiger partial charge in [-0.15, -0.1) is 11.3 Å². The molecular formula is C11H12N2O4S2. The van der Waals surface area contributed by atoms with E-state index in [0.29, 0.717) is 27.3 Å². The monoisotopic (exact) mass is 300 g/mol. The summed E-state index contributed by atoms with van der Waals surface area (Å²) in [4.78, 5) is 30.0. The first-order chi connectivity index (χ1) is 9.04. The first-order valence-corrected chi connectivity index (χ1v) is 6.69. The summed E-state index contributed by atoms with van der Waals surface area (Å²) in [7, 11) is 1.53. The minimum absolute atomic E-state index is 0.176. The van der Waals surface area contributed by atoms with Gasteiger partial charge in [0.15, 0.2) is 4.77 Å². The summed E-state index contributed by atoms with van der Waals surface area (Å²) in [6, 6.07) is 0. The second-order valence-electron chi connectivity index (χ2n) is 3.80. The topological polar surface area (TPSA) is 84.2 Å². The Bertz CT molecular complexity index is 728. The molecule has 0 radical (unpaired) electrons. The first kappa shape index (κ1) is 13.9. The van der Waals surface area contributed by atoms with E-state index in [9.17, 15) is 9.59 Å². The molecule has 2 rings (SSSR count). The molecule has 0 fully saturated rings. The second-order valence-corrected chi connectivity index (χ2v) is 5.23. The zero-order valence-corrected chi connectivity index (χ0v) is 12.0. The van der Waals surface area contributed by atoms with E-state index < -0.39 is 5.97 Å². The Hall–Kier alpha value is -1.51. The number of carbonyl (C=O) groups is 1. The molecule has 2 aromatic heterocycles. The Labute approximate surface area is 117 Å². The van der Waals surface area contributed by atoms with Gasteiger partial charge in [-0.3, -0.25) is 9.78 Å². The lowest BCUT2D eigenvalue weighted by atomic mass is 10.2. The van der Waals surface area contributed by atoms with Crippen LogP contribution in [-0.2, 0) is 9.47 Å². The van der Waals surface area contributed by atoms with Gasteiger partial charge < -0.3 is 14.5 Å². The van der Waals surface area contributed by atoms with Gasteiger partial charge in [0.05, 0.1) is 12.0 Å². The molecule has 0 amide bonds. The minimum Gasteiger partial charge on any atom is -0.459 e. The van der Waals surface area contributed by atoms with Crippen LogP contribution in [-0.4, -0.2) is 36.3 Å². The summed E-state index contributed by atoms with van der Waals surface area (Å²) >= 11 is 6.05. The molecule has 19 heavy (non-hydrogen) atoms. The standard InChI is InChI=1S/C11H12N2O4S2/c1-5-6-8(14)12-11(18)13-9(6)19-7(5)10(15)17-4-3-16-2/h3-4H2,1-2H3,(H2,12,13,14,18). The van der Waals surface area contributed by atoms with Gasteiger partial charge in [0.25, 0.3) is 5.56 Å². The van der Waals surface area contributed by atoms with Crippen LogP contribution in [0.5, 0.6) is 0 Å². The lowest BCUT2D eigenvalue weighted by molar-refractivity contribution is 0.0393. The van der Waals surface area contributed by atoms with Crippen molar-refractivity contribution in [3.05, 3.63) is 25.6 Å². The number of esters is 1. The van der Waals surface area contributed by atoms with Crippen molar-refractivity contribution >= 4 is 39.7 Å². The van der Waals surface area contributed by atoms with E-state index in [0.717, 1.165) is 11.3 Å². The van der Waals surface area contributed by atoms with E-state index in [1.165, 1.54) is 7.11 Å². The van der Waals surface area contributed by atoms with Gasteiger partial charge in [0, 0.05) is 7.11 Å². The van der Waals surface area contributed by atoms with Crippen molar-refractivity contribution < 1.29 is 14.3 Å². The zero-order chi connectivity index (χ0) is 14.0. The quantitative estimate of drug-likeness (QED) is 0.510. The molecule has 0 aromatic carbocycles. The van der Waals surface area contributed by atoms with Crippen LogP contribution in [0.15, 0.2) is 4.79 Å². The van der Waals surface area contributed by atoms with Crippen LogP contribution >= 0.6 is 23.6 Å². The lowest BCUT2D eigenvalue weighted by Gasteiger charge is -2.02. The molecule has 2 aromatic rings. The molecule has 0 aliphatic heterocycles. The predicted octanol–water partition coefficient (Wildman–Crippen LogP) is 1.76. The highest BCUT2D eigenvalue weighted by atomic mass is 32.1. The number of hydrogen-bond acceptors (Lipinski definition) is 6. The number of thiophene rings is 1. The Morgan fingerprint density at radius 3 is 2.79 bits per heavy atom. The van der Waals surface area contributed by atoms with Crippen molar-refractivity contribution in [2.24, 2.45) is 0 Å². The number of rotatable bonds is 4. The largest absolute Gasteiger partial charge is 0.459 e. The second kappa shape index (κ2) is 5.64. The van der Waals surface area contributed by atoms with Crippen LogP contribution < -0.4 is 5.56 Å². The molecule has 0 bridgehead atoms. The molecule has 0 aliphatic rings. The Kier molecular flexibility index (Phi) is 4.13. The summed E-state index contributed by atoms with van der Waals surface area (Å²) in [5, 5.41) is 0.442. The Balaban J connectivity index is 2.43. The third kappa shape index (κ3) is 2.75. The summed E-state index contributed by atoms with van der Waals surface area (Å²) < 4.78 is 10.1. The third-order valence-corrected chi connectivity index (χ3v) is 3.93.